The molecule has 1 aromatic heterocycles. The van der Waals surface area contributed by atoms with Crippen molar-refractivity contribution in [1.29, 1.82) is 0 Å². The third-order valence-corrected chi connectivity index (χ3v) is 5.33. The van der Waals surface area contributed by atoms with Crippen molar-refractivity contribution in [2.45, 2.75) is 51.4 Å². The zero-order valence-electron chi connectivity index (χ0n) is 14.1. The Morgan fingerprint density at radius 3 is 2.57 bits per heavy atom. The first kappa shape index (κ1) is 16.3. The van der Waals surface area contributed by atoms with Crippen LogP contribution in [0.25, 0.3) is 0 Å². The van der Waals surface area contributed by atoms with Crippen LogP contribution in [0.5, 0.6) is 0 Å². The average Bonchev–Trinajstić information content (AvgIpc) is 2.63. The number of anilines is 1. The monoisotopic (exact) mass is 315 g/mol. The molecular formula is C19H29N3O. The topological polar surface area (TPSA) is 36.4 Å². The second-order valence-corrected chi connectivity index (χ2v) is 6.95. The maximum absolute atomic E-state index is 12.4. The van der Waals surface area contributed by atoms with Crippen molar-refractivity contribution in [2.75, 3.05) is 31.1 Å². The van der Waals surface area contributed by atoms with Crippen molar-refractivity contribution >= 4 is 11.7 Å². The summed E-state index contributed by atoms with van der Waals surface area (Å²) in [6.45, 7) is 3.45. The SMILES string of the molecule is O=C(CCCC1CCCCC1)N1CCN(c2ccccn2)CC1. The highest BCUT2D eigenvalue weighted by Gasteiger charge is 2.22. The van der Waals surface area contributed by atoms with E-state index in [4.69, 9.17) is 0 Å². The summed E-state index contributed by atoms with van der Waals surface area (Å²) in [6.07, 6.45) is 11.9. The van der Waals surface area contributed by atoms with Crippen LogP contribution in [0.2, 0.25) is 0 Å². The van der Waals surface area contributed by atoms with Gasteiger partial charge >= 0.3 is 0 Å². The molecule has 2 aliphatic rings. The molecule has 0 spiro atoms. The Morgan fingerprint density at radius 2 is 1.87 bits per heavy atom. The highest BCUT2D eigenvalue weighted by atomic mass is 16.2. The van der Waals surface area contributed by atoms with Gasteiger partial charge in [0, 0.05) is 38.8 Å². The summed E-state index contributed by atoms with van der Waals surface area (Å²) in [6, 6.07) is 6.00. The number of carbonyl (C=O) groups is 1. The second-order valence-electron chi connectivity index (χ2n) is 6.95. The Hall–Kier alpha value is -1.58. The van der Waals surface area contributed by atoms with E-state index in [9.17, 15) is 4.79 Å². The molecule has 1 aliphatic heterocycles. The molecule has 0 N–H and O–H groups in total. The first-order valence-electron chi connectivity index (χ1n) is 9.27. The molecule has 1 amide bonds. The van der Waals surface area contributed by atoms with Crippen LogP contribution in [-0.2, 0) is 4.79 Å². The molecule has 1 aliphatic carbocycles. The third kappa shape index (κ3) is 4.69. The highest BCUT2D eigenvalue weighted by Crippen LogP contribution is 2.27. The lowest BCUT2D eigenvalue weighted by Gasteiger charge is -2.35. The Kier molecular flexibility index (Phi) is 5.89. The first-order chi connectivity index (χ1) is 11.3. The van der Waals surface area contributed by atoms with Gasteiger partial charge in [-0.05, 0) is 30.9 Å². The molecule has 1 saturated carbocycles. The summed E-state index contributed by atoms with van der Waals surface area (Å²) in [7, 11) is 0. The molecule has 4 nitrogen and oxygen atoms in total. The van der Waals surface area contributed by atoms with Crippen molar-refractivity contribution in [3.8, 4) is 0 Å². The summed E-state index contributed by atoms with van der Waals surface area (Å²) in [5, 5.41) is 0. The molecule has 23 heavy (non-hydrogen) atoms. The van der Waals surface area contributed by atoms with Gasteiger partial charge in [0.25, 0.3) is 0 Å². The minimum atomic E-state index is 0.349. The van der Waals surface area contributed by atoms with Gasteiger partial charge in [-0.25, -0.2) is 4.98 Å². The predicted octanol–water partition coefficient (Wildman–Crippen LogP) is 3.48. The van der Waals surface area contributed by atoms with E-state index in [0.29, 0.717) is 5.91 Å². The minimum absolute atomic E-state index is 0.349. The molecule has 0 bridgehead atoms. The summed E-state index contributed by atoms with van der Waals surface area (Å²) >= 11 is 0. The predicted molar refractivity (Wildman–Crippen MR) is 93.5 cm³/mol. The summed E-state index contributed by atoms with van der Waals surface area (Å²) < 4.78 is 0. The molecule has 0 atom stereocenters. The van der Waals surface area contributed by atoms with Gasteiger partial charge in [-0.15, -0.1) is 0 Å². The van der Waals surface area contributed by atoms with E-state index in [1.807, 2.05) is 29.3 Å². The van der Waals surface area contributed by atoms with Gasteiger partial charge in [-0.3, -0.25) is 4.79 Å². The molecule has 3 rings (SSSR count). The van der Waals surface area contributed by atoms with Crippen LogP contribution in [0.4, 0.5) is 5.82 Å². The molecule has 2 heterocycles. The van der Waals surface area contributed by atoms with Gasteiger partial charge in [0.15, 0.2) is 0 Å². The van der Waals surface area contributed by atoms with Gasteiger partial charge in [0.2, 0.25) is 5.91 Å². The smallest absolute Gasteiger partial charge is 0.222 e. The maximum Gasteiger partial charge on any atom is 0.222 e. The lowest BCUT2D eigenvalue weighted by molar-refractivity contribution is -0.131. The Morgan fingerprint density at radius 1 is 1.09 bits per heavy atom. The van der Waals surface area contributed by atoms with Crippen molar-refractivity contribution in [1.82, 2.24) is 9.88 Å². The zero-order chi connectivity index (χ0) is 15.9. The van der Waals surface area contributed by atoms with E-state index >= 15 is 0 Å². The normalized spacial score (nSPS) is 19.8. The van der Waals surface area contributed by atoms with E-state index in [2.05, 4.69) is 9.88 Å². The van der Waals surface area contributed by atoms with Gasteiger partial charge in [-0.1, -0.05) is 38.2 Å². The molecule has 0 unspecified atom stereocenters. The van der Waals surface area contributed by atoms with Crippen LogP contribution in [0.1, 0.15) is 51.4 Å². The van der Waals surface area contributed by atoms with Crippen molar-refractivity contribution < 1.29 is 4.79 Å². The summed E-state index contributed by atoms with van der Waals surface area (Å²) in [4.78, 5) is 21.1. The van der Waals surface area contributed by atoms with Gasteiger partial charge in [0.1, 0.15) is 5.82 Å². The quantitative estimate of drug-likeness (QED) is 0.834. The number of hydrogen-bond donors (Lipinski definition) is 0. The zero-order valence-corrected chi connectivity index (χ0v) is 14.1. The van der Waals surface area contributed by atoms with E-state index in [1.54, 1.807) is 0 Å². The number of pyridine rings is 1. The highest BCUT2D eigenvalue weighted by molar-refractivity contribution is 5.76. The molecule has 126 valence electrons. The lowest BCUT2D eigenvalue weighted by atomic mass is 9.86. The molecule has 0 radical (unpaired) electrons. The fraction of sp³-hybridized carbons (Fsp3) is 0.684. The molecular weight excluding hydrogens is 286 g/mol. The number of rotatable bonds is 5. The fourth-order valence-corrected chi connectivity index (χ4v) is 3.90. The second kappa shape index (κ2) is 8.32. The van der Waals surface area contributed by atoms with Crippen molar-refractivity contribution in [2.24, 2.45) is 5.92 Å². The van der Waals surface area contributed by atoms with Crippen LogP contribution in [0, 0.1) is 5.92 Å². The maximum atomic E-state index is 12.4. The molecule has 0 aromatic carbocycles. The standard InChI is InChI=1S/C19H29N3O/c23-19(11-6-9-17-7-2-1-3-8-17)22-15-13-21(14-16-22)18-10-4-5-12-20-18/h4-5,10,12,17H,1-3,6-9,11,13-16H2. The number of aromatic nitrogens is 1. The minimum Gasteiger partial charge on any atom is -0.353 e. The largest absolute Gasteiger partial charge is 0.353 e. The molecule has 1 saturated heterocycles. The Labute approximate surface area is 139 Å². The van der Waals surface area contributed by atoms with Crippen LogP contribution in [0.15, 0.2) is 24.4 Å². The van der Waals surface area contributed by atoms with Crippen molar-refractivity contribution in [3.63, 3.8) is 0 Å². The summed E-state index contributed by atoms with van der Waals surface area (Å²) in [5.41, 5.74) is 0. The Balaban J connectivity index is 1.36. The average molecular weight is 315 g/mol. The van der Waals surface area contributed by atoms with Gasteiger partial charge < -0.3 is 9.80 Å². The molecule has 4 heteroatoms. The fourth-order valence-electron chi connectivity index (χ4n) is 3.90. The number of amides is 1. The number of hydrogen-bond acceptors (Lipinski definition) is 3. The van der Waals surface area contributed by atoms with Crippen LogP contribution < -0.4 is 4.90 Å². The van der Waals surface area contributed by atoms with E-state index < -0.39 is 0 Å². The van der Waals surface area contributed by atoms with E-state index in [-0.39, 0.29) is 0 Å². The van der Waals surface area contributed by atoms with E-state index in [0.717, 1.165) is 50.8 Å². The van der Waals surface area contributed by atoms with E-state index in [1.165, 1.54) is 38.5 Å². The first-order valence-corrected chi connectivity index (χ1v) is 9.27. The third-order valence-electron chi connectivity index (χ3n) is 5.33. The van der Waals surface area contributed by atoms with Crippen LogP contribution >= 0.6 is 0 Å². The van der Waals surface area contributed by atoms with Crippen molar-refractivity contribution in [3.05, 3.63) is 24.4 Å². The number of piperazine rings is 1. The van der Waals surface area contributed by atoms with Gasteiger partial charge in [0.05, 0.1) is 0 Å². The Bertz CT molecular complexity index is 477. The van der Waals surface area contributed by atoms with Crippen LogP contribution in [-0.4, -0.2) is 42.0 Å². The number of nitrogens with zero attached hydrogens (tertiary/aromatic N) is 3. The van der Waals surface area contributed by atoms with Gasteiger partial charge in [-0.2, -0.15) is 0 Å². The van der Waals surface area contributed by atoms with Crippen LogP contribution in [0.3, 0.4) is 0 Å². The summed E-state index contributed by atoms with van der Waals surface area (Å²) in [5.74, 6) is 2.26. The molecule has 1 aromatic rings. The lowest BCUT2D eigenvalue weighted by Crippen LogP contribution is -2.49. The number of carbonyl (C=O) groups excluding carboxylic acids is 1. The molecule has 2 fully saturated rings.